The summed E-state index contributed by atoms with van der Waals surface area (Å²) in [5, 5.41) is 7.17. The summed E-state index contributed by atoms with van der Waals surface area (Å²) in [6.45, 7) is 6.47. The van der Waals surface area contributed by atoms with Crippen molar-refractivity contribution >= 4 is 23.2 Å². The van der Waals surface area contributed by atoms with Crippen LogP contribution in [0.15, 0.2) is 54.7 Å². The van der Waals surface area contributed by atoms with Crippen LogP contribution in [0.4, 0.5) is 18.9 Å². The molecule has 2 aromatic carbocycles. The van der Waals surface area contributed by atoms with Gasteiger partial charge in [-0.2, -0.15) is 18.3 Å². The van der Waals surface area contributed by atoms with Gasteiger partial charge in [0.05, 0.1) is 12.1 Å². The number of halogens is 4. The van der Waals surface area contributed by atoms with Gasteiger partial charge in [-0.15, -0.1) is 0 Å². The summed E-state index contributed by atoms with van der Waals surface area (Å²) in [5.41, 5.74) is 2.06. The summed E-state index contributed by atoms with van der Waals surface area (Å²) >= 11 is 6.13. The molecule has 1 aromatic heterocycles. The molecule has 0 atom stereocenters. The second-order valence-corrected chi connectivity index (χ2v) is 9.49. The van der Waals surface area contributed by atoms with E-state index in [0.717, 1.165) is 28.1 Å². The van der Waals surface area contributed by atoms with Crippen LogP contribution in [0.2, 0.25) is 5.02 Å². The van der Waals surface area contributed by atoms with E-state index in [1.54, 1.807) is 25.2 Å². The molecule has 0 fully saturated rings. The van der Waals surface area contributed by atoms with Crippen LogP contribution in [0.1, 0.15) is 48.0 Å². The Morgan fingerprint density at radius 2 is 1.76 bits per heavy atom. The number of hydrogen-bond donors (Lipinski definition) is 1. The first-order valence-corrected chi connectivity index (χ1v) is 11.2. The Morgan fingerprint density at radius 3 is 2.35 bits per heavy atom. The molecule has 0 aliphatic heterocycles. The smallest absolute Gasteiger partial charge is 0.387 e. The van der Waals surface area contributed by atoms with Gasteiger partial charge in [0.2, 0.25) is 0 Å². The molecule has 1 amide bonds. The number of carbonyl (C=O) groups is 1. The molecular weight excluding hydrogens is 465 g/mol. The predicted molar refractivity (Wildman–Crippen MR) is 128 cm³/mol. The number of alkyl halides is 3. The molecule has 182 valence electrons. The minimum atomic E-state index is -4.53. The minimum Gasteiger partial charge on any atom is -0.387 e. The van der Waals surface area contributed by atoms with E-state index in [-0.39, 0.29) is 31.0 Å². The van der Waals surface area contributed by atoms with Crippen molar-refractivity contribution in [2.75, 3.05) is 18.9 Å². The highest BCUT2D eigenvalue weighted by Gasteiger charge is 2.34. The van der Waals surface area contributed by atoms with Crippen LogP contribution in [-0.4, -0.2) is 34.2 Å². The maximum atomic E-state index is 13.5. The fourth-order valence-electron chi connectivity index (χ4n) is 3.63. The third-order valence-electron chi connectivity index (χ3n) is 5.55. The molecule has 1 heterocycles. The highest BCUT2D eigenvalue weighted by molar-refractivity contribution is 6.31. The van der Waals surface area contributed by atoms with Crippen LogP contribution in [-0.2, 0) is 24.7 Å². The lowest BCUT2D eigenvalue weighted by Gasteiger charge is -2.25. The van der Waals surface area contributed by atoms with E-state index < -0.39 is 11.9 Å². The van der Waals surface area contributed by atoms with E-state index in [1.807, 2.05) is 24.3 Å². The normalized spacial score (nSPS) is 12.0. The van der Waals surface area contributed by atoms with Gasteiger partial charge in [-0.3, -0.25) is 9.48 Å². The maximum absolute atomic E-state index is 13.5. The summed E-state index contributed by atoms with van der Waals surface area (Å²) < 4.78 is 40.7. The molecule has 0 aliphatic carbocycles. The number of nitrogens with zero attached hydrogens (tertiary/aromatic N) is 3. The SMILES string of the molecule is CNc1ccc(Cl)cc1C(=O)N(CCn1nccc1C(F)(F)F)Cc1ccc(C(C)(C)C)cc1. The van der Waals surface area contributed by atoms with Gasteiger partial charge in [0.25, 0.3) is 5.91 Å². The van der Waals surface area contributed by atoms with E-state index in [4.69, 9.17) is 11.6 Å². The Kier molecular flexibility index (Phi) is 7.60. The summed E-state index contributed by atoms with van der Waals surface area (Å²) in [4.78, 5) is 15.0. The predicted octanol–water partition coefficient (Wildman–Crippen LogP) is 6.24. The van der Waals surface area contributed by atoms with E-state index >= 15 is 0 Å². The van der Waals surface area contributed by atoms with Gasteiger partial charge >= 0.3 is 6.18 Å². The Hall–Kier alpha value is -3.00. The number of aromatic nitrogens is 2. The fourth-order valence-corrected chi connectivity index (χ4v) is 3.80. The Labute approximate surface area is 202 Å². The monoisotopic (exact) mass is 492 g/mol. The summed E-state index contributed by atoms with van der Waals surface area (Å²) in [6, 6.07) is 13.7. The molecule has 5 nitrogen and oxygen atoms in total. The number of carbonyl (C=O) groups excluding carboxylic acids is 1. The lowest BCUT2D eigenvalue weighted by molar-refractivity contribution is -0.144. The van der Waals surface area contributed by atoms with Crippen molar-refractivity contribution in [1.29, 1.82) is 0 Å². The van der Waals surface area contributed by atoms with E-state index in [9.17, 15) is 18.0 Å². The van der Waals surface area contributed by atoms with E-state index in [0.29, 0.717) is 16.3 Å². The van der Waals surface area contributed by atoms with Gasteiger partial charge in [-0.05, 0) is 40.8 Å². The van der Waals surface area contributed by atoms with Gasteiger partial charge in [-0.25, -0.2) is 0 Å². The first kappa shape index (κ1) is 25.6. The molecule has 1 N–H and O–H groups in total. The van der Waals surface area contributed by atoms with Gasteiger partial charge in [0.1, 0.15) is 5.69 Å². The quantitative estimate of drug-likeness (QED) is 0.425. The number of amides is 1. The van der Waals surface area contributed by atoms with E-state index in [2.05, 4.69) is 31.2 Å². The summed E-state index contributed by atoms with van der Waals surface area (Å²) in [6.07, 6.45) is -3.42. The zero-order valence-electron chi connectivity index (χ0n) is 19.6. The molecule has 0 aliphatic rings. The van der Waals surface area contributed by atoms with Crippen molar-refractivity contribution in [2.24, 2.45) is 0 Å². The minimum absolute atomic E-state index is 0.0232. The third kappa shape index (κ3) is 6.11. The second-order valence-electron chi connectivity index (χ2n) is 9.05. The van der Waals surface area contributed by atoms with Crippen molar-refractivity contribution in [1.82, 2.24) is 14.7 Å². The molecule has 9 heteroatoms. The summed E-state index contributed by atoms with van der Waals surface area (Å²) in [7, 11) is 1.69. The maximum Gasteiger partial charge on any atom is 0.433 e. The Morgan fingerprint density at radius 1 is 1.09 bits per heavy atom. The standard InChI is InChI=1S/C25H28ClF3N4O/c1-24(2,3)18-7-5-17(6-8-18)16-32(13-14-33-22(11-12-31-33)25(27,28)29)23(34)20-15-19(26)9-10-21(20)30-4/h5-12,15,30H,13-14,16H2,1-4H3. The number of nitrogens with one attached hydrogen (secondary N) is 1. The van der Waals surface area contributed by atoms with Gasteiger partial charge in [-0.1, -0.05) is 56.6 Å². The van der Waals surface area contributed by atoms with Crippen LogP contribution in [0.25, 0.3) is 0 Å². The number of anilines is 1. The number of hydrogen-bond acceptors (Lipinski definition) is 3. The molecule has 34 heavy (non-hydrogen) atoms. The molecular formula is C25H28ClF3N4O. The molecule has 0 saturated carbocycles. The Bertz CT molecular complexity index is 1130. The third-order valence-corrected chi connectivity index (χ3v) is 5.79. The highest BCUT2D eigenvalue weighted by Crippen LogP contribution is 2.29. The fraction of sp³-hybridized carbons (Fsp3) is 0.360. The lowest BCUT2D eigenvalue weighted by Crippen LogP contribution is -2.34. The van der Waals surface area contributed by atoms with Gasteiger partial charge < -0.3 is 10.2 Å². The largest absolute Gasteiger partial charge is 0.433 e. The van der Waals surface area contributed by atoms with Crippen LogP contribution in [0, 0.1) is 0 Å². The van der Waals surface area contributed by atoms with Crippen molar-refractivity contribution in [3.63, 3.8) is 0 Å². The first-order valence-electron chi connectivity index (χ1n) is 10.8. The van der Waals surface area contributed by atoms with Crippen LogP contribution < -0.4 is 5.32 Å². The van der Waals surface area contributed by atoms with Crippen molar-refractivity contribution < 1.29 is 18.0 Å². The van der Waals surface area contributed by atoms with Crippen LogP contribution >= 0.6 is 11.6 Å². The molecule has 3 rings (SSSR count). The lowest BCUT2D eigenvalue weighted by atomic mass is 9.87. The number of benzene rings is 2. The topological polar surface area (TPSA) is 50.2 Å². The average molecular weight is 493 g/mol. The Balaban J connectivity index is 1.91. The van der Waals surface area contributed by atoms with Gasteiger partial charge in [0.15, 0.2) is 0 Å². The second kappa shape index (κ2) is 10.1. The van der Waals surface area contributed by atoms with Gasteiger partial charge in [0, 0.05) is 37.0 Å². The van der Waals surface area contributed by atoms with Crippen LogP contribution in [0.3, 0.4) is 0 Å². The van der Waals surface area contributed by atoms with Crippen molar-refractivity contribution in [3.8, 4) is 0 Å². The highest BCUT2D eigenvalue weighted by atomic mass is 35.5. The molecule has 0 unspecified atom stereocenters. The molecule has 0 saturated heterocycles. The average Bonchev–Trinajstić information content (AvgIpc) is 3.25. The van der Waals surface area contributed by atoms with Crippen molar-refractivity contribution in [3.05, 3.63) is 82.1 Å². The molecule has 0 radical (unpaired) electrons. The first-order chi connectivity index (χ1) is 15.9. The molecule has 0 spiro atoms. The number of rotatable bonds is 7. The zero-order valence-corrected chi connectivity index (χ0v) is 20.3. The van der Waals surface area contributed by atoms with Crippen LogP contribution in [0.5, 0.6) is 0 Å². The van der Waals surface area contributed by atoms with E-state index in [1.165, 1.54) is 4.90 Å². The zero-order chi connectivity index (χ0) is 25.1. The van der Waals surface area contributed by atoms with Crippen molar-refractivity contribution in [2.45, 2.75) is 45.5 Å². The molecule has 3 aromatic rings. The molecule has 0 bridgehead atoms. The summed E-state index contributed by atoms with van der Waals surface area (Å²) in [5.74, 6) is -0.340.